The fraction of sp³-hybridized carbons (Fsp3) is 0.875. The third kappa shape index (κ3) is 20.5. The van der Waals surface area contributed by atoms with Gasteiger partial charge in [-0.05, 0) is 37.0 Å². The number of aliphatic carboxylic acids is 1. The van der Waals surface area contributed by atoms with Crippen molar-refractivity contribution in [3.05, 3.63) is 0 Å². The Bertz CT molecular complexity index is 469. The SMILES string of the molecule is C.C.C.CC(C)[C@@H]1CCOC1=O.CC(C)[C@@H]1CCOC1=O.CC(C)[C@H](CCO)C(=O)[O-].[Na+].[Na+].[OH-]. The van der Waals surface area contributed by atoms with Gasteiger partial charge >= 0.3 is 71.1 Å². The molecule has 0 aromatic carbocycles. The van der Waals surface area contributed by atoms with Crippen molar-refractivity contribution in [1.82, 2.24) is 0 Å². The molecule has 0 radical (unpaired) electrons. The molecule has 2 fully saturated rings. The first-order valence-electron chi connectivity index (χ1n) is 10.2. The van der Waals surface area contributed by atoms with Gasteiger partial charge in [-0.3, -0.25) is 9.59 Å². The Morgan fingerprint density at radius 3 is 1.29 bits per heavy atom. The minimum Gasteiger partial charge on any atom is -0.870 e. The average molecular weight is 513 g/mol. The van der Waals surface area contributed by atoms with E-state index in [2.05, 4.69) is 27.7 Å². The number of hydrogen-bond acceptors (Lipinski definition) is 8. The topological polar surface area (TPSA) is 143 Å². The number of rotatable bonds is 6. The van der Waals surface area contributed by atoms with Crippen LogP contribution in [0.25, 0.3) is 0 Å². The summed E-state index contributed by atoms with van der Waals surface area (Å²) in [4.78, 5) is 31.9. The Morgan fingerprint density at radius 2 is 1.21 bits per heavy atom. The molecule has 0 amide bonds. The first-order valence-corrected chi connectivity index (χ1v) is 10.2. The zero-order valence-corrected chi connectivity index (χ0v) is 24.6. The molecule has 0 aromatic heterocycles. The van der Waals surface area contributed by atoms with Gasteiger partial charge in [0.05, 0.1) is 25.0 Å². The number of carbonyl (C=O) groups excluding carboxylic acids is 3. The van der Waals surface area contributed by atoms with E-state index in [1.54, 1.807) is 13.8 Å². The molecular weight excluding hydrogens is 462 g/mol. The first kappa shape index (κ1) is 51.1. The molecule has 0 spiro atoms. The summed E-state index contributed by atoms with van der Waals surface area (Å²) in [7, 11) is 0. The van der Waals surface area contributed by atoms with Crippen LogP contribution in [-0.4, -0.2) is 48.3 Å². The summed E-state index contributed by atoms with van der Waals surface area (Å²) in [6, 6.07) is 0. The van der Waals surface area contributed by atoms with Crippen LogP contribution in [0.1, 0.15) is 83.1 Å². The average Bonchev–Trinajstić information content (AvgIpc) is 3.21. The molecule has 0 bridgehead atoms. The first-order chi connectivity index (χ1) is 13.0. The maximum Gasteiger partial charge on any atom is 1.00 e. The van der Waals surface area contributed by atoms with Crippen LogP contribution in [0.4, 0.5) is 0 Å². The standard InChI is InChI=1S/C7H14O3.2C7H12O2.3CH4.2Na.H2O/c1-5(2)6(3-4-8)7(9)10;2*1-5(2)6-3-4-9-7(6)8;;;;;;/h5-6,8H,3-4H2,1-2H3,(H,9,10);2*5-6H,3-4H2,1-2H3;3*1H4;;;1H2/q;;;;;;2*+1;/p-2/t3*6-;;;;;;/m000....../s1. The number of carboxylic acid groups (broad SMARTS) is 1. The second-order valence-corrected chi connectivity index (χ2v) is 8.30. The smallest absolute Gasteiger partial charge is 0.870 e. The van der Waals surface area contributed by atoms with Crippen molar-refractivity contribution in [3.63, 3.8) is 0 Å². The molecule has 2 heterocycles. The van der Waals surface area contributed by atoms with E-state index in [1.165, 1.54) is 0 Å². The van der Waals surface area contributed by atoms with Crippen molar-refractivity contribution in [3.8, 4) is 0 Å². The molecule has 10 heteroatoms. The molecule has 2 N–H and O–H groups in total. The third-order valence-corrected chi connectivity index (χ3v) is 5.11. The Labute approximate surface area is 253 Å². The molecule has 0 unspecified atom stereocenters. The van der Waals surface area contributed by atoms with Crippen LogP contribution in [-0.2, 0) is 23.9 Å². The van der Waals surface area contributed by atoms with E-state index in [-0.39, 0.29) is 123 Å². The Morgan fingerprint density at radius 1 is 0.882 bits per heavy atom. The molecule has 2 saturated heterocycles. The van der Waals surface area contributed by atoms with E-state index in [4.69, 9.17) is 14.6 Å². The van der Waals surface area contributed by atoms with Gasteiger partial charge in [-0.2, -0.15) is 0 Å². The summed E-state index contributed by atoms with van der Waals surface area (Å²) in [6.45, 7) is 13.0. The van der Waals surface area contributed by atoms with Gasteiger partial charge in [0.25, 0.3) is 0 Å². The van der Waals surface area contributed by atoms with E-state index >= 15 is 0 Å². The van der Waals surface area contributed by atoms with Gasteiger partial charge in [0, 0.05) is 18.5 Å². The number of esters is 2. The number of cyclic esters (lactones) is 2. The zero-order chi connectivity index (χ0) is 21.9. The molecule has 2 rings (SSSR count). The normalized spacial score (nSPS) is 18.3. The van der Waals surface area contributed by atoms with Crippen molar-refractivity contribution < 1.29 is 98.7 Å². The van der Waals surface area contributed by atoms with Crippen molar-refractivity contribution in [2.75, 3.05) is 19.8 Å². The van der Waals surface area contributed by atoms with Crippen molar-refractivity contribution in [2.45, 2.75) is 83.1 Å². The fourth-order valence-electron chi connectivity index (χ4n) is 3.10. The van der Waals surface area contributed by atoms with E-state index < -0.39 is 11.9 Å². The van der Waals surface area contributed by atoms with Crippen molar-refractivity contribution in [1.29, 1.82) is 0 Å². The largest absolute Gasteiger partial charge is 1.00 e. The molecule has 0 aliphatic carbocycles. The van der Waals surface area contributed by atoms with Gasteiger partial charge in [-0.25, -0.2) is 0 Å². The molecular formula is C24H50Na2O8. The van der Waals surface area contributed by atoms with E-state index in [9.17, 15) is 19.5 Å². The van der Waals surface area contributed by atoms with Crippen LogP contribution in [0.15, 0.2) is 0 Å². The number of hydrogen-bond donors (Lipinski definition) is 1. The zero-order valence-electron chi connectivity index (χ0n) is 20.6. The molecule has 3 atom stereocenters. The number of carbonyl (C=O) groups is 3. The van der Waals surface area contributed by atoms with E-state index in [0.29, 0.717) is 31.5 Å². The van der Waals surface area contributed by atoms with Crippen molar-refractivity contribution in [2.24, 2.45) is 35.5 Å². The monoisotopic (exact) mass is 512 g/mol. The molecule has 0 aromatic rings. The Kier molecular flexibility index (Phi) is 41.9. The van der Waals surface area contributed by atoms with Crippen LogP contribution in [0.5, 0.6) is 0 Å². The fourth-order valence-corrected chi connectivity index (χ4v) is 3.10. The third-order valence-electron chi connectivity index (χ3n) is 5.11. The number of aliphatic hydroxyl groups excluding tert-OH is 1. The predicted molar refractivity (Wildman–Crippen MR) is 125 cm³/mol. The quantitative estimate of drug-likeness (QED) is 0.305. The maximum absolute atomic E-state index is 10.8. The summed E-state index contributed by atoms with van der Waals surface area (Å²) in [5, 5.41) is 18.8. The van der Waals surface area contributed by atoms with Gasteiger partial charge in [0.1, 0.15) is 0 Å². The summed E-state index contributed by atoms with van der Waals surface area (Å²) in [5.41, 5.74) is 0. The van der Waals surface area contributed by atoms with Gasteiger partial charge in [0.15, 0.2) is 0 Å². The molecule has 2 aliphatic heterocycles. The summed E-state index contributed by atoms with van der Waals surface area (Å²) in [5.74, 6) is -0.323. The van der Waals surface area contributed by atoms with E-state index in [1.807, 2.05) is 0 Å². The molecule has 0 saturated carbocycles. The van der Waals surface area contributed by atoms with Crippen LogP contribution in [0, 0.1) is 35.5 Å². The van der Waals surface area contributed by atoms with E-state index in [0.717, 1.165) is 12.8 Å². The number of aliphatic hydroxyl groups is 1. The Balaban J connectivity index is -0.0000000591. The molecule has 2 aliphatic rings. The molecule has 196 valence electrons. The number of ether oxygens (including phenoxy) is 2. The maximum atomic E-state index is 10.8. The van der Waals surface area contributed by atoms with Crippen LogP contribution < -0.4 is 64.2 Å². The van der Waals surface area contributed by atoms with Crippen LogP contribution in [0.2, 0.25) is 0 Å². The second-order valence-electron chi connectivity index (χ2n) is 8.30. The Hall–Kier alpha value is 0.330. The van der Waals surface area contributed by atoms with Crippen LogP contribution in [0.3, 0.4) is 0 Å². The molecule has 34 heavy (non-hydrogen) atoms. The molecule has 8 nitrogen and oxygen atoms in total. The van der Waals surface area contributed by atoms with Gasteiger partial charge in [-0.15, -0.1) is 0 Å². The predicted octanol–water partition coefficient (Wildman–Crippen LogP) is -2.46. The van der Waals surface area contributed by atoms with Crippen molar-refractivity contribution >= 4 is 17.9 Å². The minimum atomic E-state index is -1.07. The summed E-state index contributed by atoms with van der Waals surface area (Å²) >= 11 is 0. The van der Waals surface area contributed by atoms with Gasteiger partial charge in [0.2, 0.25) is 0 Å². The van der Waals surface area contributed by atoms with Crippen LogP contribution >= 0.6 is 0 Å². The number of carboxylic acids is 1. The minimum absolute atomic E-state index is 0. The van der Waals surface area contributed by atoms with Gasteiger partial charge < -0.3 is 30.0 Å². The second kappa shape index (κ2) is 27.9. The summed E-state index contributed by atoms with van der Waals surface area (Å²) < 4.78 is 9.58. The van der Waals surface area contributed by atoms with Gasteiger partial charge in [-0.1, -0.05) is 63.8 Å². The summed E-state index contributed by atoms with van der Waals surface area (Å²) in [6.07, 6.45) is 2.12.